The maximum Gasteiger partial charge on any atom is 0.269 e. The summed E-state index contributed by atoms with van der Waals surface area (Å²) in [6.45, 7) is 17.5. The second-order valence-electron chi connectivity index (χ2n) is 11.4. The van der Waals surface area contributed by atoms with E-state index >= 15 is 0 Å². The fraction of sp³-hybridized carbons (Fsp3) is 0.471. The number of benzene rings is 3. The molecule has 3 aromatic carbocycles. The third-order valence-electron chi connectivity index (χ3n) is 8.93. The monoisotopic (exact) mass is 687 g/mol. The van der Waals surface area contributed by atoms with Gasteiger partial charge in [0, 0.05) is 48.2 Å². The number of ether oxygens (including phenoxy) is 2. The molecule has 0 aromatic heterocycles. The summed E-state index contributed by atoms with van der Waals surface area (Å²) >= 11 is 0. The number of halogens is 1. The van der Waals surface area contributed by atoms with Crippen LogP contribution in [0, 0.1) is 20.2 Å². The minimum absolute atomic E-state index is 0. The molecule has 0 aliphatic carbocycles. The van der Waals surface area contributed by atoms with Gasteiger partial charge in [-0.1, -0.05) is 0 Å². The zero-order valence-corrected chi connectivity index (χ0v) is 28.6. The smallest absolute Gasteiger partial charge is 0.269 e. The summed E-state index contributed by atoms with van der Waals surface area (Å²) in [5.41, 5.74) is 2.45. The van der Waals surface area contributed by atoms with E-state index in [1.54, 1.807) is 24.3 Å². The van der Waals surface area contributed by atoms with Crippen LogP contribution in [0.1, 0.15) is 51.7 Å². The van der Waals surface area contributed by atoms with Crippen LogP contribution in [0.5, 0.6) is 11.5 Å². The lowest BCUT2D eigenvalue weighted by Gasteiger charge is -2.37. The second kappa shape index (κ2) is 18.4. The van der Waals surface area contributed by atoms with Gasteiger partial charge in [0.05, 0.1) is 62.3 Å². The predicted octanol–water partition coefficient (Wildman–Crippen LogP) is 4.16. The van der Waals surface area contributed by atoms with Gasteiger partial charge in [-0.05, 0) is 76.2 Å². The minimum Gasteiger partial charge on any atom is -1.00 e. The lowest BCUT2D eigenvalue weighted by atomic mass is 10.1. The first kappa shape index (κ1) is 37.6. The molecule has 0 aliphatic rings. The first-order chi connectivity index (χ1) is 21.2. The molecule has 10 nitrogen and oxygen atoms in total. The van der Waals surface area contributed by atoms with E-state index in [0.717, 1.165) is 96.8 Å². The molecule has 0 unspecified atom stereocenters. The normalized spacial score (nSPS) is 11.5. The molecule has 3 rings (SSSR count). The lowest BCUT2D eigenvalue weighted by molar-refractivity contribution is -0.938. The van der Waals surface area contributed by atoms with Crippen LogP contribution in [0.4, 0.5) is 11.4 Å². The van der Waals surface area contributed by atoms with E-state index in [4.69, 9.17) is 9.47 Å². The number of rotatable bonds is 20. The van der Waals surface area contributed by atoms with E-state index < -0.39 is 0 Å². The molecule has 0 saturated heterocycles. The quantitative estimate of drug-likeness (QED) is 0.0765. The molecule has 3 aromatic rings. The maximum atomic E-state index is 11.0. The van der Waals surface area contributed by atoms with Gasteiger partial charge in [0.15, 0.2) is 0 Å². The average molecular weight is 689 g/mol. The molecular weight excluding hydrogens is 640 g/mol. The third-order valence-corrected chi connectivity index (χ3v) is 8.93. The van der Waals surface area contributed by atoms with E-state index in [9.17, 15) is 20.2 Å². The summed E-state index contributed by atoms with van der Waals surface area (Å²) in [6, 6.07) is 21.6. The first-order valence-electron chi connectivity index (χ1n) is 15.7. The number of quaternary nitrogens is 2. The highest BCUT2D eigenvalue weighted by Crippen LogP contribution is 2.22. The molecule has 45 heavy (non-hydrogen) atoms. The van der Waals surface area contributed by atoms with Gasteiger partial charge in [0.25, 0.3) is 11.4 Å². The number of hydrogen-bond donors (Lipinski definition) is 0. The molecule has 0 bridgehead atoms. The van der Waals surface area contributed by atoms with Crippen LogP contribution < -0.4 is 26.5 Å². The molecule has 0 saturated carbocycles. The van der Waals surface area contributed by atoms with E-state index in [1.807, 2.05) is 48.5 Å². The third kappa shape index (κ3) is 11.4. The van der Waals surface area contributed by atoms with E-state index in [1.165, 1.54) is 0 Å². The fourth-order valence-electron chi connectivity index (χ4n) is 5.72. The molecule has 0 amide bonds. The molecule has 246 valence electrons. The van der Waals surface area contributed by atoms with E-state index in [0.29, 0.717) is 13.2 Å². The Labute approximate surface area is 277 Å². The number of non-ortho nitro benzene ring substituents is 2. The Balaban J connectivity index is 0.00000705. The fourth-order valence-corrected chi connectivity index (χ4v) is 5.72. The second-order valence-corrected chi connectivity index (χ2v) is 11.4. The van der Waals surface area contributed by atoms with Crippen LogP contribution in [0.25, 0.3) is 0 Å². The molecule has 0 heterocycles. The van der Waals surface area contributed by atoms with Crippen LogP contribution in [-0.2, 0) is 13.1 Å². The van der Waals surface area contributed by atoms with Crippen molar-refractivity contribution in [3.05, 3.63) is 104 Å². The summed E-state index contributed by atoms with van der Waals surface area (Å²) in [4.78, 5) is 21.2. The molecule has 0 fully saturated rings. The number of hydrogen-bond acceptors (Lipinski definition) is 6. The zero-order valence-electron chi connectivity index (χ0n) is 27.0. The number of nitrogens with zero attached hydrogens (tertiary/aromatic N) is 4. The molecule has 0 spiro atoms. The average Bonchev–Trinajstić information content (AvgIpc) is 3.05. The van der Waals surface area contributed by atoms with Gasteiger partial charge in [-0.25, -0.2) is 0 Å². The van der Waals surface area contributed by atoms with Crippen LogP contribution >= 0.6 is 0 Å². The van der Waals surface area contributed by atoms with Gasteiger partial charge in [0.1, 0.15) is 24.6 Å². The highest BCUT2D eigenvalue weighted by atomic mass is 79.9. The maximum absolute atomic E-state index is 11.0. The summed E-state index contributed by atoms with van der Waals surface area (Å²) in [7, 11) is 0. The van der Waals surface area contributed by atoms with Gasteiger partial charge in [0.2, 0.25) is 0 Å². The highest BCUT2D eigenvalue weighted by Gasteiger charge is 2.25. The SMILES string of the molecule is CC[N+](CC)(CCCOc1ccc(OCCC[N+](CC)(CC)Cc2ccc([N+](=O)[O-])cc2)cc1)Cc1ccc([N+](=O)[O-])cc1.[Br-]. The Morgan fingerprint density at radius 1 is 0.556 bits per heavy atom. The van der Waals surface area contributed by atoms with Crippen molar-refractivity contribution in [2.45, 2.75) is 53.6 Å². The molecule has 0 N–H and O–H groups in total. The van der Waals surface area contributed by atoms with Crippen LogP contribution in [-0.4, -0.2) is 71.3 Å². The standard InChI is InChI=1S/C34H48N4O6.BrH/c1-5-37(6-2,27-29-11-15-31(16-12-29)35(39)40)23-9-25-43-33-19-21-34(22-20-33)44-26-10-24-38(7-3,8-4)28-30-13-17-32(18-14-30)36(41)42;/h11-22H,5-10,23-28H2,1-4H3;1H/q+2;/p-1. The minimum atomic E-state index is -0.362. The van der Waals surface area contributed by atoms with Crippen molar-refractivity contribution in [2.75, 3.05) is 52.5 Å². The van der Waals surface area contributed by atoms with Crippen molar-refractivity contribution in [3.63, 3.8) is 0 Å². The van der Waals surface area contributed by atoms with Gasteiger partial charge in [-0.3, -0.25) is 20.2 Å². The van der Waals surface area contributed by atoms with Gasteiger partial charge < -0.3 is 35.4 Å². The molecule has 0 atom stereocenters. The van der Waals surface area contributed by atoms with Gasteiger partial charge in [-0.2, -0.15) is 0 Å². The topological polar surface area (TPSA) is 105 Å². The van der Waals surface area contributed by atoms with Crippen molar-refractivity contribution in [1.82, 2.24) is 0 Å². The summed E-state index contributed by atoms with van der Waals surface area (Å²) in [6.07, 6.45) is 1.81. The Kier molecular flexibility index (Phi) is 15.4. The Bertz CT molecular complexity index is 1210. The van der Waals surface area contributed by atoms with E-state index in [2.05, 4.69) is 27.7 Å². The molecular formula is C34H48BrN4O6+. The number of nitro benzene ring substituents is 2. The van der Waals surface area contributed by atoms with Crippen molar-refractivity contribution in [3.8, 4) is 11.5 Å². The Morgan fingerprint density at radius 3 is 1.13 bits per heavy atom. The van der Waals surface area contributed by atoms with Crippen LogP contribution in [0.3, 0.4) is 0 Å². The lowest BCUT2D eigenvalue weighted by Crippen LogP contribution is -3.00. The molecule has 0 aliphatic heterocycles. The molecule has 11 heteroatoms. The summed E-state index contributed by atoms with van der Waals surface area (Å²) in [5, 5.41) is 21.9. The van der Waals surface area contributed by atoms with Crippen molar-refractivity contribution in [2.24, 2.45) is 0 Å². The van der Waals surface area contributed by atoms with Gasteiger partial charge >= 0.3 is 0 Å². The van der Waals surface area contributed by atoms with Crippen molar-refractivity contribution < 1.29 is 45.3 Å². The van der Waals surface area contributed by atoms with Crippen molar-refractivity contribution >= 4 is 11.4 Å². The van der Waals surface area contributed by atoms with Crippen LogP contribution in [0.15, 0.2) is 72.8 Å². The van der Waals surface area contributed by atoms with Crippen molar-refractivity contribution in [1.29, 1.82) is 0 Å². The van der Waals surface area contributed by atoms with Gasteiger partial charge in [-0.15, -0.1) is 0 Å². The first-order valence-corrected chi connectivity index (χ1v) is 15.7. The molecule has 0 radical (unpaired) electrons. The largest absolute Gasteiger partial charge is 1.00 e. The Hall–Kier alpha value is -3.54. The highest BCUT2D eigenvalue weighted by molar-refractivity contribution is 5.33. The summed E-state index contributed by atoms with van der Waals surface area (Å²) < 4.78 is 13.9. The van der Waals surface area contributed by atoms with Crippen LogP contribution in [0.2, 0.25) is 0 Å². The summed E-state index contributed by atoms with van der Waals surface area (Å²) in [5.74, 6) is 1.63. The zero-order chi connectivity index (χ0) is 32.0. The predicted molar refractivity (Wildman–Crippen MR) is 173 cm³/mol. The number of nitro groups is 2. The van der Waals surface area contributed by atoms with E-state index in [-0.39, 0.29) is 38.2 Å². The Morgan fingerprint density at radius 2 is 0.867 bits per heavy atom.